The standard InChI is InChI=1S/C59H37NO2/c1-5-19-38(20-6-1)48-37-49(53(40-23-9-3-10-24-40)54(41-25-11-4-12-26-41)52(48)39-21-7-2-8-22-39)44-29-17-27-42(35-44)43-28-18-30-45(36-43)55-58-56(46-31-13-15-33-50(46)61-58)60-57-47-32-14-16-34-51(47)62-59(55)57/h1-37H. The molecule has 0 saturated heterocycles. The lowest BCUT2D eigenvalue weighted by Crippen LogP contribution is -1.98. The molecule has 0 fully saturated rings. The van der Waals surface area contributed by atoms with E-state index in [1.165, 1.54) is 38.9 Å². The van der Waals surface area contributed by atoms with E-state index in [1.54, 1.807) is 0 Å². The molecule has 3 heterocycles. The maximum Gasteiger partial charge on any atom is 0.165 e. The highest BCUT2D eigenvalue weighted by Crippen LogP contribution is 2.51. The zero-order chi connectivity index (χ0) is 41.0. The van der Waals surface area contributed by atoms with Gasteiger partial charge < -0.3 is 8.83 Å². The van der Waals surface area contributed by atoms with Gasteiger partial charge in [-0.1, -0.05) is 182 Å². The number of hydrogen-bond acceptors (Lipinski definition) is 3. The van der Waals surface area contributed by atoms with E-state index in [4.69, 9.17) is 13.8 Å². The molecule has 0 aliphatic carbocycles. The fourth-order valence-corrected chi connectivity index (χ4v) is 9.28. The Bertz CT molecular complexity index is 3520. The van der Waals surface area contributed by atoms with E-state index >= 15 is 0 Å². The van der Waals surface area contributed by atoms with Gasteiger partial charge in [0.25, 0.3) is 0 Å². The van der Waals surface area contributed by atoms with Gasteiger partial charge in [-0.25, -0.2) is 4.98 Å². The normalized spacial score (nSPS) is 11.5. The molecule has 0 N–H and O–H groups in total. The summed E-state index contributed by atoms with van der Waals surface area (Å²) in [6.45, 7) is 0. The zero-order valence-electron chi connectivity index (χ0n) is 33.6. The summed E-state index contributed by atoms with van der Waals surface area (Å²) >= 11 is 0. The molecule has 0 amide bonds. The van der Waals surface area contributed by atoms with E-state index in [0.717, 1.165) is 83.1 Å². The lowest BCUT2D eigenvalue weighted by molar-refractivity contribution is 0.657. The number of para-hydroxylation sites is 2. The zero-order valence-corrected chi connectivity index (χ0v) is 33.6. The highest BCUT2D eigenvalue weighted by Gasteiger charge is 2.25. The molecule has 3 nitrogen and oxygen atoms in total. The van der Waals surface area contributed by atoms with Crippen molar-refractivity contribution >= 4 is 44.1 Å². The first-order valence-electron chi connectivity index (χ1n) is 21.0. The van der Waals surface area contributed by atoms with Crippen LogP contribution in [0.3, 0.4) is 0 Å². The van der Waals surface area contributed by atoms with Crippen LogP contribution in [-0.4, -0.2) is 4.98 Å². The molecule has 0 saturated carbocycles. The minimum Gasteiger partial charge on any atom is -0.454 e. The van der Waals surface area contributed by atoms with E-state index in [1.807, 2.05) is 36.4 Å². The second kappa shape index (κ2) is 14.8. The van der Waals surface area contributed by atoms with Crippen molar-refractivity contribution in [2.45, 2.75) is 0 Å². The van der Waals surface area contributed by atoms with Crippen LogP contribution < -0.4 is 0 Å². The van der Waals surface area contributed by atoms with Gasteiger partial charge in [-0.2, -0.15) is 0 Å². The Morgan fingerprint density at radius 3 is 1.15 bits per heavy atom. The average molecular weight is 792 g/mol. The van der Waals surface area contributed by atoms with Crippen molar-refractivity contribution in [2.24, 2.45) is 0 Å². The quantitative estimate of drug-likeness (QED) is 0.161. The van der Waals surface area contributed by atoms with Crippen LogP contribution >= 0.6 is 0 Å². The summed E-state index contributed by atoms with van der Waals surface area (Å²) in [6.07, 6.45) is 0. The molecule has 62 heavy (non-hydrogen) atoms. The van der Waals surface area contributed by atoms with Crippen molar-refractivity contribution in [2.75, 3.05) is 0 Å². The van der Waals surface area contributed by atoms with Gasteiger partial charge in [0.05, 0.1) is 5.56 Å². The molecule has 9 aromatic carbocycles. The Morgan fingerprint density at radius 2 is 0.629 bits per heavy atom. The number of nitrogens with zero attached hydrogens (tertiary/aromatic N) is 1. The molecular weight excluding hydrogens is 755 g/mol. The molecule has 290 valence electrons. The van der Waals surface area contributed by atoms with Crippen LogP contribution in [0.4, 0.5) is 0 Å². The van der Waals surface area contributed by atoms with Crippen molar-refractivity contribution < 1.29 is 8.83 Å². The van der Waals surface area contributed by atoms with Gasteiger partial charge in [-0.3, -0.25) is 0 Å². The molecule has 0 bridgehead atoms. The molecule has 0 atom stereocenters. The molecular formula is C59H37NO2. The fraction of sp³-hybridized carbons (Fsp3) is 0. The first-order valence-corrected chi connectivity index (χ1v) is 21.0. The predicted molar refractivity (Wildman–Crippen MR) is 257 cm³/mol. The molecule has 0 radical (unpaired) electrons. The topological polar surface area (TPSA) is 39.2 Å². The number of pyridine rings is 1. The molecule has 0 spiro atoms. The lowest BCUT2D eigenvalue weighted by Gasteiger charge is -2.24. The summed E-state index contributed by atoms with van der Waals surface area (Å²) in [6, 6.07) is 79.7. The minimum absolute atomic E-state index is 0.719. The summed E-state index contributed by atoms with van der Waals surface area (Å²) < 4.78 is 13.3. The highest BCUT2D eigenvalue weighted by molar-refractivity contribution is 6.18. The van der Waals surface area contributed by atoms with Gasteiger partial charge in [-0.05, 0) is 115 Å². The van der Waals surface area contributed by atoms with E-state index in [-0.39, 0.29) is 0 Å². The Balaban J connectivity index is 1.10. The summed E-state index contributed by atoms with van der Waals surface area (Å²) in [4.78, 5) is 5.19. The van der Waals surface area contributed by atoms with Crippen LogP contribution in [-0.2, 0) is 0 Å². The molecule has 12 aromatic rings. The van der Waals surface area contributed by atoms with Crippen molar-refractivity contribution in [3.63, 3.8) is 0 Å². The third kappa shape index (κ3) is 5.94. The Labute approximate surface area is 358 Å². The number of rotatable bonds is 7. The first-order chi connectivity index (χ1) is 30.8. The van der Waals surface area contributed by atoms with Gasteiger partial charge in [0.15, 0.2) is 11.2 Å². The van der Waals surface area contributed by atoms with Gasteiger partial charge in [0, 0.05) is 10.8 Å². The van der Waals surface area contributed by atoms with E-state index in [9.17, 15) is 0 Å². The smallest absolute Gasteiger partial charge is 0.165 e. The van der Waals surface area contributed by atoms with E-state index in [0.29, 0.717) is 0 Å². The molecule has 12 rings (SSSR count). The Morgan fingerprint density at radius 1 is 0.258 bits per heavy atom. The molecule has 0 aliphatic rings. The average Bonchev–Trinajstić information content (AvgIpc) is 3.92. The van der Waals surface area contributed by atoms with E-state index in [2.05, 4.69) is 188 Å². The first kappa shape index (κ1) is 35.7. The monoisotopic (exact) mass is 791 g/mol. The SMILES string of the molecule is c1ccc(-c2cc(-c3cccc(-c4cccc(-c5c6oc7ccccc7c6nc6c5oc5ccccc56)c4)c3)c(-c3ccccc3)c(-c3ccccc3)c2-c2ccccc2)cc1. The summed E-state index contributed by atoms with van der Waals surface area (Å²) in [5.74, 6) is 0. The third-order valence-corrected chi connectivity index (χ3v) is 12.1. The number of fused-ring (bicyclic) bond motifs is 6. The number of furan rings is 2. The van der Waals surface area contributed by atoms with Gasteiger partial charge in [0.2, 0.25) is 0 Å². The van der Waals surface area contributed by atoms with Crippen molar-refractivity contribution in [1.29, 1.82) is 0 Å². The van der Waals surface area contributed by atoms with Gasteiger partial charge >= 0.3 is 0 Å². The number of benzene rings is 9. The predicted octanol–water partition coefficient (Wildman–Crippen LogP) is 16.5. The van der Waals surface area contributed by atoms with E-state index < -0.39 is 0 Å². The van der Waals surface area contributed by atoms with Crippen LogP contribution in [0.5, 0.6) is 0 Å². The molecule has 0 unspecified atom stereocenters. The molecule has 3 heteroatoms. The van der Waals surface area contributed by atoms with Crippen LogP contribution in [0.25, 0.3) is 122 Å². The lowest BCUT2D eigenvalue weighted by atomic mass is 9.78. The maximum absolute atomic E-state index is 6.63. The number of hydrogen-bond donors (Lipinski definition) is 0. The van der Waals surface area contributed by atoms with Crippen molar-refractivity contribution in [1.82, 2.24) is 4.98 Å². The molecule has 3 aromatic heterocycles. The summed E-state index contributed by atoms with van der Waals surface area (Å²) in [7, 11) is 0. The number of aromatic nitrogens is 1. The second-order valence-electron chi connectivity index (χ2n) is 15.8. The summed E-state index contributed by atoms with van der Waals surface area (Å²) in [5.41, 5.74) is 20.5. The van der Waals surface area contributed by atoms with Crippen LogP contribution in [0.2, 0.25) is 0 Å². The minimum atomic E-state index is 0.719. The fourth-order valence-electron chi connectivity index (χ4n) is 9.28. The van der Waals surface area contributed by atoms with Gasteiger partial charge in [-0.15, -0.1) is 0 Å². The maximum atomic E-state index is 6.63. The Kier molecular flexibility index (Phi) is 8.50. The largest absolute Gasteiger partial charge is 0.454 e. The van der Waals surface area contributed by atoms with Crippen LogP contribution in [0, 0.1) is 0 Å². The second-order valence-corrected chi connectivity index (χ2v) is 15.8. The van der Waals surface area contributed by atoms with Crippen molar-refractivity contribution in [3.8, 4) is 77.9 Å². The van der Waals surface area contributed by atoms with Crippen LogP contribution in [0.1, 0.15) is 0 Å². The summed E-state index contributed by atoms with van der Waals surface area (Å²) in [5, 5.41) is 1.97. The third-order valence-electron chi connectivity index (χ3n) is 12.1. The van der Waals surface area contributed by atoms with Gasteiger partial charge in [0.1, 0.15) is 22.2 Å². The highest BCUT2D eigenvalue weighted by atomic mass is 16.3. The molecule has 0 aliphatic heterocycles. The Hall–Kier alpha value is -8.27. The van der Waals surface area contributed by atoms with Crippen molar-refractivity contribution in [3.05, 3.63) is 224 Å². The van der Waals surface area contributed by atoms with Crippen LogP contribution in [0.15, 0.2) is 233 Å².